The van der Waals surface area contributed by atoms with Gasteiger partial charge < -0.3 is 5.32 Å². The molecule has 13 heavy (non-hydrogen) atoms. The molecule has 1 amide bonds. The standard InChI is InChI=1S/C9H13N3O/c1-3-4-6-10-9(13)8-5-7-12(2)11-8/h3-5,7H,6H2,1-2H3,(H,10,13)/q+1/b4-3+. The van der Waals surface area contributed by atoms with Gasteiger partial charge in [0.15, 0.2) is 12.7 Å². The predicted molar refractivity (Wildman–Crippen MR) is 48.8 cm³/mol. The summed E-state index contributed by atoms with van der Waals surface area (Å²) in [5.41, 5.74) is 0.451. The van der Waals surface area contributed by atoms with Gasteiger partial charge in [-0.05, 0) is 6.92 Å². The first-order chi connectivity index (χ1) is 6.24. The maximum atomic E-state index is 11.3. The van der Waals surface area contributed by atoms with Crippen LogP contribution in [0.1, 0.15) is 6.92 Å². The summed E-state index contributed by atoms with van der Waals surface area (Å²) in [4.78, 5) is 11.3. The fraction of sp³-hybridized carbons (Fsp3) is 0.333. The van der Waals surface area contributed by atoms with Crippen LogP contribution in [-0.4, -0.2) is 24.2 Å². The molecule has 1 aliphatic rings. The topological polar surface area (TPSA) is 44.5 Å². The number of nitrogens with one attached hydrogen (secondary N) is 1. The lowest BCUT2D eigenvalue weighted by atomic mass is 10.4. The first-order valence-corrected chi connectivity index (χ1v) is 4.13. The monoisotopic (exact) mass is 179 g/mol. The van der Waals surface area contributed by atoms with Crippen LogP contribution in [0.3, 0.4) is 0 Å². The maximum absolute atomic E-state index is 11.3. The first kappa shape index (κ1) is 9.64. The van der Waals surface area contributed by atoms with Gasteiger partial charge >= 0.3 is 0 Å². The van der Waals surface area contributed by atoms with E-state index < -0.39 is 0 Å². The molecule has 1 radical (unpaired) electrons. The van der Waals surface area contributed by atoms with Gasteiger partial charge in [-0.1, -0.05) is 12.2 Å². The molecule has 4 nitrogen and oxygen atoms in total. The number of likely N-dealkylation sites (N-methyl/N-ethyl adjacent to an activating group) is 1. The molecule has 0 spiro atoms. The minimum Gasteiger partial charge on any atom is -0.347 e. The number of amides is 1. The summed E-state index contributed by atoms with van der Waals surface area (Å²) in [6.45, 7) is 4.20. The quantitative estimate of drug-likeness (QED) is 0.506. The summed E-state index contributed by atoms with van der Waals surface area (Å²) in [6, 6.07) is 0. The molecule has 0 aliphatic carbocycles. The Kier molecular flexibility index (Phi) is 3.37. The van der Waals surface area contributed by atoms with Crippen molar-refractivity contribution in [2.45, 2.75) is 6.92 Å². The number of carbonyl (C=O) groups excluding carboxylic acids is 1. The molecule has 0 saturated heterocycles. The molecule has 0 aromatic rings. The molecule has 0 fully saturated rings. The largest absolute Gasteiger partial charge is 0.347 e. The number of rotatable bonds is 3. The average molecular weight is 179 g/mol. The van der Waals surface area contributed by atoms with E-state index in [0.717, 1.165) is 0 Å². The van der Waals surface area contributed by atoms with Crippen molar-refractivity contribution >= 4 is 5.91 Å². The van der Waals surface area contributed by atoms with Crippen LogP contribution >= 0.6 is 0 Å². The smallest absolute Gasteiger partial charge is 0.276 e. The van der Waals surface area contributed by atoms with E-state index in [4.69, 9.17) is 0 Å². The molecule has 4 heteroatoms. The highest BCUT2D eigenvalue weighted by Crippen LogP contribution is 2.06. The van der Waals surface area contributed by atoms with Crippen LogP contribution in [-0.2, 0) is 4.79 Å². The number of hydrogen-bond acceptors (Lipinski definition) is 2. The fourth-order valence-corrected chi connectivity index (χ4v) is 0.896. The molecule has 1 N–H and O–H groups in total. The summed E-state index contributed by atoms with van der Waals surface area (Å²) in [7, 11) is 1.78. The Morgan fingerprint density at radius 1 is 1.77 bits per heavy atom. The number of azo groups is 2. The van der Waals surface area contributed by atoms with Gasteiger partial charge in [-0.2, -0.15) is 0 Å². The van der Waals surface area contributed by atoms with Crippen molar-refractivity contribution in [2.24, 2.45) is 5.11 Å². The van der Waals surface area contributed by atoms with Gasteiger partial charge in [0.2, 0.25) is 0 Å². The normalized spacial score (nSPS) is 15.8. The minimum atomic E-state index is -0.140. The number of allylic oxidation sites excluding steroid dienone is 1. The molecular weight excluding hydrogens is 166 g/mol. The Balaban J connectivity index is 2.41. The van der Waals surface area contributed by atoms with Crippen molar-refractivity contribution < 1.29 is 9.49 Å². The molecule has 0 aromatic carbocycles. The molecule has 0 aromatic heterocycles. The molecule has 0 unspecified atom stereocenters. The summed E-state index contributed by atoms with van der Waals surface area (Å²) in [5.74, 6) is -0.140. The third kappa shape index (κ3) is 2.82. The second kappa shape index (κ2) is 4.54. The Morgan fingerprint density at radius 3 is 3.08 bits per heavy atom. The zero-order valence-corrected chi connectivity index (χ0v) is 7.82. The molecule has 69 valence electrons. The van der Waals surface area contributed by atoms with Gasteiger partial charge in [0.25, 0.3) is 12.5 Å². The van der Waals surface area contributed by atoms with Crippen LogP contribution in [0.15, 0.2) is 29.0 Å². The van der Waals surface area contributed by atoms with E-state index in [2.05, 4.69) is 10.4 Å². The van der Waals surface area contributed by atoms with Crippen molar-refractivity contribution in [3.8, 4) is 0 Å². The molecule has 1 heterocycles. The first-order valence-electron chi connectivity index (χ1n) is 4.13. The lowest BCUT2D eigenvalue weighted by molar-refractivity contribution is -0.512. The molecule has 1 aliphatic heterocycles. The van der Waals surface area contributed by atoms with E-state index in [1.807, 2.05) is 19.1 Å². The summed E-state index contributed by atoms with van der Waals surface area (Å²) >= 11 is 0. The molecule has 0 atom stereocenters. The van der Waals surface area contributed by atoms with Gasteiger partial charge in [0.05, 0.1) is 0 Å². The Bertz CT molecular complexity index is 289. The number of nitrogens with zero attached hydrogens (tertiary/aromatic N) is 2. The van der Waals surface area contributed by atoms with Crippen LogP contribution in [0.2, 0.25) is 0 Å². The van der Waals surface area contributed by atoms with E-state index in [9.17, 15) is 4.79 Å². The van der Waals surface area contributed by atoms with E-state index in [1.54, 1.807) is 24.4 Å². The lowest BCUT2D eigenvalue weighted by Crippen LogP contribution is -2.23. The van der Waals surface area contributed by atoms with Crippen LogP contribution in [0.25, 0.3) is 0 Å². The Labute approximate surface area is 77.6 Å². The third-order valence-corrected chi connectivity index (χ3v) is 1.56. The van der Waals surface area contributed by atoms with Crippen LogP contribution < -0.4 is 5.32 Å². The van der Waals surface area contributed by atoms with Crippen molar-refractivity contribution in [1.82, 2.24) is 5.32 Å². The van der Waals surface area contributed by atoms with Crippen LogP contribution in [0.5, 0.6) is 0 Å². The van der Waals surface area contributed by atoms with Gasteiger partial charge in [0, 0.05) is 17.7 Å². The average Bonchev–Trinajstić information content (AvgIpc) is 2.52. The zero-order valence-electron chi connectivity index (χ0n) is 7.82. The maximum Gasteiger partial charge on any atom is 0.276 e. The van der Waals surface area contributed by atoms with E-state index >= 15 is 0 Å². The van der Waals surface area contributed by atoms with Crippen molar-refractivity contribution in [2.75, 3.05) is 13.6 Å². The second-order valence-corrected chi connectivity index (χ2v) is 2.65. The summed E-state index contributed by atoms with van der Waals surface area (Å²) < 4.78 is 1.60. The summed E-state index contributed by atoms with van der Waals surface area (Å²) in [5, 5.41) is 6.68. The van der Waals surface area contributed by atoms with E-state index in [1.165, 1.54) is 0 Å². The minimum absolute atomic E-state index is 0.140. The lowest BCUT2D eigenvalue weighted by Gasteiger charge is -1.96. The predicted octanol–water partition coefficient (Wildman–Crippen LogP) is 0.832. The number of hydrogen-bond donors (Lipinski definition) is 1. The summed E-state index contributed by atoms with van der Waals surface area (Å²) in [6.07, 6.45) is 5.45. The third-order valence-electron chi connectivity index (χ3n) is 1.56. The molecular formula is C9H13N3O+. The highest BCUT2D eigenvalue weighted by atomic mass is 16.2. The Morgan fingerprint density at radius 2 is 2.54 bits per heavy atom. The fourth-order valence-electron chi connectivity index (χ4n) is 0.896. The highest BCUT2D eigenvalue weighted by Gasteiger charge is 2.18. The number of carbonyl (C=O) groups is 1. The highest BCUT2D eigenvalue weighted by molar-refractivity contribution is 5.93. The van der Waals surface area contributed by atoms with Gasteiger partial charge in [-0.15, -0.1) is 4.70 Å². The van der Waals surface area contributed by atoms with Crippen molar-refractivity contribution in [3.63, 3.8) is 0 Å². The van der Waals surface area contributed by atoms with Crippen LogP contribution in [0.4, 0.5) is 0 Å². The molecule has 1 rings (SSSR count). The van der Waals surface area contributed by atoms with E-state index in [0.29, 0.717) is 12.2 Å². The van der Waals surface area contributed by atoms with Gasteiger partial charge in [-0.3, -0.25) is 4.79 Å². The van der Waals surface area contributed by atoms with E-state index in [-0.39, 0.29) is 5.91 Å². The van der Waals surface area contributed by atoms with Gasteiger partial charge in [-0.25, -0.2) is 0 Å². The zero-order chi connectivity index (χ0) is 9.68. The van der Waals surface area contributed by atoms with Crippen molar-refractivity contribution in [1.29, 1.82) is 0 Å². The molecule has 0 bridgehead atoms. The second-order valence-electron chi connectivity index (χ2n) is 2.65. The molecule has 0 saturated carbocycles. The van der Waals surface area contributed by atoms with Gasteiger partial charge in [0.1, 0.15) is 0 Å². The van der Waals surface area contributed by atoms with Crippen LogP contribution in [0, 0.1) is 6.54 Å². The SMILES string of the molecule is C/C=C/CNC(=O)C1=C[CH][N+](C)=N1. The Hall–Kier alpha value is -1.45. The van der Waals surface area contributed by atoms with Crippen molar-refractivity contribution in [3.05, 3.63) is 30.5 Å².